The van der Waals surface area contributed by atoms with E-state index >= 15 is 0 Å². The van der Waals surface area contributed by atoms with Gasteiger partial charge in [-0.3, -0.25) is 4.79 Å². The van der Waals surface area contributed by atoms with Crippen LogP contribution in [0.3, 0.4) is 0 Å². The maximum absolute atomic E-state index is 11.2. The summed E-state index contributed by atoms with van der Waals surface area (Å²) < 4.78 is 5.58. The number of hydrogen-bond acceptors (Lipinski definition) is 2. The molecule has 15 heavy (non-hydrogen) atoms. The fraction of sp³-hybridized carbons (Fsp3) is 0.0833. The smallest absolute Gasteiger partial charge is 0.182 e. The molecule has 0 spiro atoms. The summed E-state index contributed by atoms with van der Waals surface area (Å²) in [6, 6.07) is 6.80. The molecule has 0 aliphatic rings. The molecule has 0 bridgehead atoms. The molecule has 0 atom stereocenters. The largest absolute Gasteiger partial charge is 0.454 e. The van der Waals surface area contributed by atoms with Gasteiger partial charge in [-0.25, -0.2) is 0 Å². The number of nitrogens with one attached hydrogen (secondary N) is 1. The Morgan fingerprint density at radius 3 is 2.93 bits per heavy atom. The summed E-state index contributed by atoms with van der Waals surface area (Å²) in [6.45, 7) is 1.99. The first-order chi connectivity index (χ1) is 7.24. The molecule has 1 aromatic carbocycles. The van der Waals surface area contributed by atoms with E-state index in [9.17, 15) is 4.79 Å². The zero-order chi connectivity index (χ0) is 10.4. The Kier molecular flexibility index (Phi) is 1.51. The molecule has 3 heteroatoms. The van der Waals surface area contributed by atoms with Gasteiger partial charge in [0.25, 0.3) is 0 Å². The predicted molar refractivity (Wildman–Crippen MR) is 59.1 cm³/mol. The quantitative estimate of drug-likeness (QED) is 0.604. The molecule has 3 nitrogen and oxygen atoms in total. The lowest BCUT2D eigenvalue weighted by Crippen LogP contribution is -1.92. The molecule has 2 heterocycles. The summed E-state index contributed by atoms with van der Waals surface area (Å²) in [7, 11) is 0. The van der Waals surface area contributed by atoms with Crippen LogP contribution in [0.25, 0.3) is 22.1 Å². The summed E-state index contributed by atoms with van der Waals surface area (Å²) in [5, 5.41) is 0.949. The highest BCUT2D eigenvalue weighted by molar-refractivity contribution is 6.02. The van der Waals surface area contributed by atoms with Gasteiger partial charge in [0.15, 0.2) is 11.0 Å². The fourth-order valence-corrected chi connectivity index (χ4v) is 1.78. The van der Waals surface area contributed by atoms with E-state index in [-0.39, 0.29) is 5.43 Å². The maximum atomic E-state index is 11.2. The van der Waals surface area contributed by atoms with Gasteiger partial charge in [-0.2, -0.15) is 0 Å². The third-order valence-electron chi connectivity index (χ3n) is 2.49. The molecule has 0 radical (unpaired) electrons. The molecule has 3 aromatic rings. The van der Waals surface area contributed by atoms with Gasteiger partial charge < -0.3 is 9.40 Å². The number of fused-ring (bicyclic) bond motifs is 3. The summed E-state index contributed by atoms with van der Waals surface area (Å²) in [4.78, 5) is 14.3. The van der Waals surface area contributed by atoms with Gasteiger partial charge in [0.05, 0.1) is 5.52 Å². The van der Waals surface area contributed by atoms with Crippen molar-refractivity contribution in [1.29, 1.82) is 0 Å². The highest BCUT2D eigenvalue weighted by Gasteiger charge is 2.06. The van der Waals surface area contributed by atoms with Gasteiger partial charge in [-0.15, -0.1) is 0 Å². The Morgan fingerprint density at radius 1 is 1.20 bits per heavy atom. The SMILES string of the molecule is Cc1c[nH]c2c(c1)oc1cc(=O)ccc12. The van der Waals surface area contributed by atoms with Crippen molar-refractivity contribution >= 4 is 22.1 Å². The van der Waals surface area contributed by atoms with Gasteiger partial charge in [-0.05, 0) is 30.7 Å². The number of pyridine rings is 1. The van der Waals surface area contributed by atoms with E-state index in [0.29, 0.717) is 5.58 Å². The Labute approximate surface area is 85.3 Å². The van der Waals surface area contributed by atoms with E-state index in [1.54, 1.807) is 12.1 Å². The van der Waals surface area contributed by atoms with Crippen LogP contribution in [-0.4, -0.2) is 4.98 Å². The summed E-state index contributed by atoms with van der Waals surface area (Å²) in [6.07, 6.45) is 1.92. The van der Waals surface area contributed by atoms with Gasteiger partial charge in [-0.1, -0.05) is 0 Å². The number of rotatable bonds is 0. The molecule has 0 aliphatic carbocycles. The zero-order valence-corrected chi connectivity index (χ0v) is 8.20. The van der Waals surface area contributed by atoms with Crippen molar-refractivity contribution in [2.24, 2.45) is 0 Å². The van der Waals surface area contributed by atoms with Crippen LogP contribution < -0.4 is 5.43 Å². The number of benzene rings is 1. The lowest BCUT2D eigenvalue weighted by atomic mass is 10.2. The minimum atomic E-state index is -0.0294. The maximum Gasteiger partial charge on any atom is 0.182 e. The molecule has 74 valence electrons. The van der Waals surface area contributed by atoms with Crippen molar-refractivity contribution in [3.8, 4) is 0 Å². The Morgan fingerprint density at radius 2 is 2.07 bits per heavy atom. The normalized spacial score (nSPS) is 11.3. The van der Waals surface area contributed by atoms with Gasteiger partial charge in [0.2, 0.25) is 0 Å². The van der Waals surface area contributed by atoms with Crippen molar-refractivity contribution in [2.45, 2.75) is 6.92 Å². The molecular formula is C12H9NO2. The monoisotopic (exact) mass is 199 g/mol. The summed E-state index contributed by atoms with van der Waals surface area (Å²) in [5.74, 6) is 0. The number of aromatic amines is 1. The molecule has 0 fully saturated rings. The van der Waals surface area contributed by atoms with Crippen LogP contribution in [0.2, 0.25) is 0 Å². The molecule has 0 saturated carbocycles. The summed E-state index contributed by atoms with van der Waals surface area (Å²) in [5.41, 5.74) is 3.44. The van der Waals surface area contributed by atoms with E-state index in [1.807, 2.05) is 19.2 Å². The second kappa shape index (κ2) is 2.73. The second-order valence-corrected chi connectivity index (χ2v) is 3.68. The van der Waals surface area contributed by atoms with Crippen LogP contribution in [0, 0.1) is 6.92 Å². The topological polar surface area (TPSA) is 46.0 Å². The number of hydrogen-bond donors (Lipinski definition) is 1. The first kappa shape index (κ1) is 8.29. The minimum Gasteiger partial charge on any atom is -0.454 e. The molecule has 0 amide bonds. The van der Waals surface area contributed by atoms with E-state index in [4.69, 9.17) is 4.42 Å². The van der Waals surface area contributed by atoms with E-state index in [0.717, 1.165) is 22.0 Å². The van der Waals surface area contributed by atoms with Crippen LogP contribution in [-0.2, 0) is 0 Å². The second-order valence-electron chi connectivity index (χ2n) is 3.68. The third-order valence-corrected chi connectivity index (χ3v) is 2.49. The van der Waals surface area contributed by atoms with Crippen molar-refractivity contribution in [2.75, 3.05) is 0 Å². The molecular weight excluding hydrogens is 190 g/mol. The van der Waals surface area contributed by atoms with E-state index < -0.39 is 0 Å². The predicted octanol–water partition coefficient (Wildman–Crippen LogP) is 2.58. The van der Waals surface area contributed by atoms with Crippen LogP contribution in [0.5, 0.6) is 0 Å². The lowest BCUT2D eigenvalue weighted by molar-refractivity contribution is 0.667. The van der Waals surface area contributed by atoms with E-state index in [2.05, 4.69) is 4.98 Å². The Balaban J connectivity index is 2.57. The fourth-order valence-electron chi connectivity index (χ4n) is 1.78. The summed E-state index contributed by atoms with van der Waals surface area (Å²) >= 11 is 0. The van der Waals surface area contributed by atoms with Crippen LogP contribution in [0.4, 0.5) is 0 Å². The number of aryl methyl sites for hydroxylation is 1. The number of aromatic nitrogens is 1. The van der Waals surface area contributed by atoms with Crippen molar-refractivity contribution in [3.63, 3.8) is 0 Å². The van der Waals surface area contributed by atoms with Crippen molar-refractivity contribution in [1.82, 2.24) is 4.98 Å². The molecule has 0 saturated heterocycles. The van der Waals surface area contributed by atoms with E-state index in [1.165, 1.54) is 6.07 Å². The zero-order valence-electron chi connectivity index (χ0n) is 8.20. The minimum absolute atomic E-state index is 0.0294. The van der Waals surface area contributed by atoms with Gasteiger partial charge in [0.1, 0.15) is 5.58 Å². The molecule has 0 aliphatic heterocycles. The Bertz CT molecular complexity index is 706. The molecule has 2 aromatic heterocycles. The van der Waals surface area contributed by atoms with Crippen LogP contribution in [0.15, 0.2) is 39.7 Å². The van der Waals surface area contributed by atoms with Gasteiger partial charge >= 0.3 is 0 Å². The third kappa shape index (κ3) is 1.16. The average molecular weight is 199 g/mol. The molecule has 3 rings (SSSR count). The first-order valence-electron chi connectivity index (χ1n) is 4.76. The number of furan rings is 1. The number of H-pyrrole nitrogens is 1. The standard InChI is InChI=1S/C12H9NO2/c1-7-4-11-12(13-6-7)9-3-2-8(14)5-10(9)15-11/h2-6,13H,1H3. The highest BCUT2D eigenvalue weighted by atomic mass is 16.3. The van der Waals surface area contributed by atoms with Crippen molar-refractivity contribution < 1.29 is 4.42 Å². The highest BCUT2D eigenvalue weighted by Crippen LogP contribution is 2.25. The lowest BCUT2D eigenvalue weighted by Gasteiger charge is -1.91. The van der Waals surface area contributed by atoms with Crippen molar-refractivity contribution in [3.05, 3.63) is 46.2 Å². The van der Waals surface area contributed by atoms with Crippen LogP contribution >= 0.6 is 0 Å². The van der Waals surface area contributed by atoms with Gasteiger partial charge in [0, 0.05) is 17.6 Å². The molecule has 0 unspecified atom stereocenters. The Hall–Kier alpha value is -2.03. The first-order valence-corrected chi connectivity index (χ1v) is 4.76. The van der Waals surface area contributed by atoms with Crippen LogP contribution in [0.1, 0.15) is 5.56 Å². The molecule has 1 N–H and O–H groups in total. The average Bonchev–Trinajstić information content (AvgIpc) is 2.53.